The summed E-state index contributed by atoms with van der Waals surface area (Å²) in [5.41, 5.74) is 4.04. The van der Waals surface area contributed by atoms with Gasteiger partial charge in [-0.25, -0.2) is 0 Å². The Hall–Kier alpha value is -3.06. The number of carbonyl (C=O) groups excluding carboxylic acids is 1. The molecule has 0 bridgehead atoms. The van der Waals surface area contributed by atoms with Crippen LogP contribution in [0.3, 0.4) is 0 Å². The molecule has 1 amide bonds. The van der Waals surface area contributed by atoms with Gasteiger partial charge in [0.25, 0.3) is 0 Å². The van der Waals surface area contributed by atoms with Crippen molar-refractivity contribution < 1.29 is 4.79 Å². The molecule has 6 nitrogen and oxygen atoms in total. The summed E-state index contributed by atoms with van der Waals surface area (Å²) in [6.07, 6.45) is 3.20. The van der Waals surface area contributed by atoms with Gasteiger partial charge in [0.2, 0.25) is 11.0 Å². The van der Waals surface area contributed by atoms with Gasteiger partial charge < -0.3 is 5.32 Å². The van der Waals surface area contributed by atoms with Crippen LogP contribution in [0.15, 0.2) is 60.2 Å². The smallest absolute Gasteiger partial charge is 0.232 e. The van der Waals surface area contributed by atoms with Crippen LogP contribution in [0.4, 0.5) is 5.13 Å². The highest BCUT2D eigenvalue weighted by molar-refractivity contribution is 7.13. The Kier molecular flexibility index (Phi) is 6.37. The van der Waals surface area contributed by atoms with E-state index in [4.69, 9.17) is 5.10 Å². The van der Waals surface area contributed by atoms with Gasteiger partial charge in [-0.2, -0.15) is 5.10 Å². The third-order valence-electron chi connectivity index (χ3n) is 5.87. The molecule has 4 aromatic rings. The fourth-order valence-electron chi connectivity index (χ4n) is 4.07. The van der Waals surface area contributed by atoms with Crippen molar-refractivity contribution in [3.63, 3.8) is 0 Å². The SMILES string of the molecule is CC(C)CCn1cc2cc(C(c3ccccc3)C(C)(C)C(=O)Nc3nncs3)ccc2n1. The first-order valence-corrected chi connectivity index (χ1v) is 11.8. The quantitative estimate of drug-likeness (QED) is 0.374. The summed E-state index contributed by atoms with van der Waals surface area (Å²) < 4.78 is 2.03. The summed E-state index contributed by atoms with van der Waals surface area (Å²) >= 11 is 1.32. The van der Waals surface area contributed by atoms with E-state index in [0.717, 1.165) is 35.0 Å². The van der Waals surface area contributed by atoms with Crippen LogP contribution in [0.25, 0.3) is 10.9 Å². The summed E-state index contributed by atoms with van der Waals surface area (Å²) in [6, 6.07) is 16.5. The lowest BCUT2D eigenvalue weighted by molar-refractivity contribution is -0.124. The normalized spacial score (nSPS) is 12.9. The molecule has 0 aliphatic carbocycles. The topological polar surface area (TPSA) is 72.7 Å². The van der Waals surface area contributed by atoms with Crippen LogP contribution in [0, 0.1) is 11.3 Å². The third kappa shape index (κ3) is 4.72. The third-order valence-corrected chi connectivity index (χ3v) is 6.47. The Balaban J connectivity index is 1.71. The van der Waals surface area contributed by atoms with Crippen molar-refractivity contribution in [2.24, 2.45) is 11.3 Å². The fraction of sp³-hybridized carbons (Fsp3) is 0.360. The van der Waals surface area contributed by atoms with E-state index in [0.29, 0.717) is 11.0 Å². The largest absolute Gasteiger partial charge is 0.300 e. The van der Waals surface area contributed by atoms with Gasteiger partial charge in [0.05, 0.1) is 10.9 Å². The number of carbonyl (C=O) groups is 1. The second-order valence-corrected chi connectivity index (χ2v) is 9.99. The minimum absolute atomic E-state index is 0.0872. The van der Waals surface area contributed by atoms with Crippen LogP contribution in [-0.2, 0) is 11.3 Å². The number of aryl methyl sites for hydroxylation is 1. The number of nitrogens with one attached hydrogen (secondary N) is 1. The maximum Gasteiger partial charge on any atom is 0.232 e. The van der Waals surface area contributed by atoms with E-state index in [9.17, 15) is 4.79 Å². The maximum absolute atomic E-state index is 13.3. The first-order valence-electron chi connectivity index (χ1n) is 10.9. The highest BCUT2D eigenvalue weighted by atomic mass is 32.1. The second kappa shape index (κ2) is 9.20. The molecule has 2 heterocycles. The number of fused-ring (bicyclic) bond motifs is 1. The highest BCUT2D eigenvalue weighted by Crippen LogP contribution is 2.42. The summed E-state index contributed by atoms with van der Waals surface area (Å²) in [7, 11) is 0. The Morgan fingerprint density at radius 1 is 1.12 bits per heavy atom. The van der Waals surface area contributed by atoms with E-state index < -0.39 is 5.41 Å². The Morgan fingerprint density at radius 3 is 2.59 bits per heavy atom. The number of aromatic nitrogens is 4. The zero-order chi connectivity index (χ0) is 22.7. The predicted molar refractivity (Wildman–Crippen MR) is 130 cm³/mol. The van der Waals surface area contributed by atoms with Gasteiger partial charge in [-0.1, -0.05) is 75.4 Å². The number of nitrogens with zero attached hydrogens (tertiary/aromatic N) is 4. The number of rotatable bonds is 8. The van der Waals surface area contributed by atoms with Crippen LogP contribution >= 0.6 is 11.3 Å². The molecule has 2 aromatic heterocycles. The van der Waals surface area contributed by atoms with E-state index in [1.165, 1.54) is 11.3 Å². The summed E-state index contributed by atoms with van der Waals surface area (Å²) in [4.78, 5) is 13.3. The van der Waals surface area contributed by atoms with Gasteiger partial charge in [0, 0.05) is 24.0 Å². The molecule has 0 aliphatic rings. The zero-order valence-electron chi connectivity index (χ0n) is 18.9. The number of benzene rings is 2. The molecule has 0 aliphatic heterocycles. The van der Waals surface area contributed by atoms with Crippen LogP contribution in [0.1, 0.15) is 51.2 Å². The monoisotopic (exact) mass is 447 g/mol. The van der Waals surface area contributed by atoms with Gasteiger partial charge in [-0.3, -0.25) is 9.48 Å². The van der Waals surface area contributed by atoms with Crippen molar-refractivity contribution in [2.75, 3.05) is 5.32 Å². The van der Waals surface area contributed by atoms with Crippen molar-refractivity contribution in [2.45, 2.75) is 46.6 Å². The molecule has 0 spiro atoms. The average Bonchev–Trinajstić information content (AvgIpc) is 3.42. The van der Waals surface area contributed by atoms with Crippen molar-refractivity contribution in [3.8, 4) is 0 Å². The molecule has 1 N–H and O–H groups in total. The highest BCUT2D eigenvalue weighted by Gasteiger charge is 2.39. The van der Waals surface area contributed by atoms with Crippen LogP contribution in [-0.4, -0.2) is 25.9 Å². The van der Waals surface area contributed by atoms with Gasteiger partial charge in [-0.15, -0.1) is 10.2 Å². The summed E-state index contributed by atoms with van der Waals surface area (Å²) in [5, 5.41) is 17.1. The van der Waals surface area contributed by atoms with Crippen molar-refractivity contribution >= 4 is 33.3 Å². The molecule has 0 saturated heterocycles. The van der Waals surface area contributed by atoms with Crippen LogP contribution in [0.2, 0.25) is 0 Å². The van der Waals surface area contributed by atoms with E-state index in [-0.39, 0.29) is 11.8 Å². The lowest BCUT2D eigenvalue weighted by atomic mass is 9.70. The molecule has 4 rings (SSSR count). The molecule has 166 valence electrons. The van der Waals surface area contributed by atoms with Gasteiger partial charge in [0.15, 0.2) is 0 Å². The Bertz CT molecular complexity index is 1180. The first-order chi connectivity index (χ1) is 15.3. The lowest BCUT2D eigenvalue weighted by Crippen LogP contribution is -2.37. The Labute approximate surface area is 192 Å². The molecule has 7 heteroatoms. The number of hydrogen-bond donors (Lipinski definition) is 1. The summed E-state index contributed by atoms with van der Waals surface area (Å²) in [5.74, 6) is 0.406. The number of anilines is 1. The molecular weight excluding hydrogens is 418 g/mol. The Morgan fingerprint density at radius 2 is 1.91 bits per heavy atom. The molecule has 0 radical (unpaired) electrons. The fourth-order valence-corrected chi connectivity index (χ4v) is 4.51. The minimum atomic E-state index is -0.728. The first kappa shape index (κ1) is 22.1. The molecule has 2 aromatic carbocycles. The van der Waals surface area contributed by atoms with E-state index in [2.05, 4.69) is 65.9 Å². The maximum atomic E-state index is 13.3. The average molecular weight is 448 g/mol. The second-order valence-electron chi connectivity index (χ2n) is 9.16. The van der Waals surface area contributed by atoms with Crippen LogP contribution in [0.5, 0.6) is 0 Å². The summed E-state index contributed by atoms with van der Waals surface area (Å²) in [6.45, 7) is 9.31. The van der Waals surface area contributed by atoms with Gasteiger partial charge in [-0.05, 0) is 35.6 Å². The van der Waals surface area contributed by atoms with E-state index in [1.807, 2.05) is 36.7 Å². The predicted octanol–water partition coefficient (Wildman–Crippen LogP) is 5.73. The van der Waals surface area contributed by atoms with Crippen molar-refractivity contribution in [3.05, 3.63) is 71.4 Å². The van der Waals surface area contributed by atoms with E-state index >= 15 is 0 Å². The van der Waals surface area contributed by atoms with Crippen LogP contribution < -0.4 is 5.32 Å². The zero-order valence-corrected chi connectivity index (χ0v) is 19.8. The molecule has 0 fully saturated rings. The molecule has 1 atom stereocenters. The van der Waals surface area contributed by atoms with Gasteiger partial charge in [0.1, 0.15) is 5.51 Å². The minimum Gasteiger partial charge on any atom is -0.300 e. The number of hydrogen-bond acceptors (Lipinski definition) is 5. The van der Waals surface area contributed by atoms with Crippen molar-refractivity contribution in [1.29, 1.82) is 0 Å². The lowest BCUT2D eigenvalue weighted by Gasteiger charge is -2.33. The van der Waals surface area contributed by atoms with Gasteiger partial charge >= 0.3 is 0 Å². The van der Waals surface area contributed by atoms with Crippen molar-refractivity contribution in [1.82, 2.24) is 20.0 Å². The molecular formula is C25H29N5OS. The molecule has 32 heavy (non-hydrogen) atoms. The molecule has 1 unspecified atom stereocenters. The van der Waals surface area contributed by atoms with E-state index in [1.54, 1.807) is 5.51 Å². The number of amides is 1. The standard InChI is InChI=1S/C25H29N5OS/c1-17(2)12-13-30-15-20-14-19(10-11-21(20)29-30)22(18-8-6-5-7-9-18)25(3,4)23(31)27-24-28-26-16-32-24/h5-11,14-17,22H,12-13H2,1-4H3,(H,27,28,31). The molecule has 0 saturated carbocycles.